The molecule has 1 aliphatic heterocycles. The van der Waals surface area contributed by atoms with E-state index in [0.29, 0.717) is 23.7 Å². The lowest BCUT2D eigenvalue weighted by Gasteiger charge is -2.31. The predicted octanol–water partition coefficient (Wildman–Crippen LogP) is 2.74. The molecule has 168 valence electrons. The number of aromatic nitrogens is 1. The molecule has 1 aromatic carbocycles. The molecule has 1 amide bonds. The van der Waals surface area contributed by atoms with E-state index < -0.39 is 0 Å². The van der Waals surface area contributed by atoms with E-state index in [9.17, 15) is 9.59 Å². The maximum atomic E-state index is 12.8. The van der Waals surface area contributed by atoms with Gasteiger partial charge in [-0.25, -0.2) is 0 Å². The van der Waals surface area contributed by atoms with Crippen molar-refractivity contribution >= 4 is 11.6 Å². The Morgan fingerprint density at radius 1 is 1.03 bits per heavy atom. The second-order valence-corrected chi connectivity index (χ2v) is 7.90. The van der Waals surface area contributed by atoms with Gasteiger partial charge in [0.2, 0.25) is 11.3 Å². The number of hydrogen-bond acceptors (Lipinski definition) is 6. The predicted molar refractivity (Wildman–Crippen MR) is 119 cm³/mol. The number of carbonyl (C=O) groups excluding carboxylic acids is 1. The first-order valence-corrected chi connectivity index (χ1v) is 10.4. The van der Waals surface area contributed by atoms with E-state index in [1.54, 1.807) is 49.2 Å². The molecule has 1 saturated heterocycles. The number of carbonyl (C=O) groups is 1. The van der Waals surface area contributed by atoms with Crippen LogP contribution in [0.15, 0.2) is 35.3 Å². The third-order valence-electron chi connectivity index (χ3n) is 5.65. The molecule has 2 heterocycles. The van der Waals surface area contributed by atoms with Gasteiger partial charge >= 0.3 is 0 Å². The number of hydrogen-bond donors (Lipinski definition) is 1. The van der Waals surface area contributed by atoms with Crippen molar-refractivity contribution in [2.75, 3.05) is 39.7 Å². The number of amides is 1. The summed E-state index contributed by atoms with van der Waals surface area (Å²) >= 11 is 0. The van der Waals surface area contributed by atoms with Gasteiger partial charge in [-0.2, -0.15) is 0 Å². The smallest absolute Gasteiger partial charge is 0.244 e. The van der Waals surface area contributed by atoms with Gasteiger partial charge in [0, 0.05) is 30.1 Å². The maximum absolute atomic E-state index is 12.8. The van der Waals surface area contributed by atoms with Gasteiger partial charge in [0.1, 0.15) is 6.54 Å². The van der Waals surface area contributed by atoms with Crippen LogP contribution in [0.5, 0.6) is 17.2 Å². The standard InChI is InChI=1S/C23H31N3O5/c1-16-7-9-25(10-8-16)13-18-12-19(27)22(31-4)14-26(18)15-23(28)24-17-5-6-20(29-2)21(11-17)30-3/h5-6,11-12,14,16H,7-10,13,15H2,1-4H3,(H,24,28). The molecule has 1 aromatic heterocycles. The minimum Gasteiger partial charge on any atom is -0.493 e. The van der Waals surface area contributed by atoms with E-state index in [0.717, 1.165) is 37.5 Å². The van der Waals surface area contributed by atoms with Crippen molar-refractivity contribution in [3.05, 3.63) is 46.4 Å². The minimum atomic E-state index is -0.216. The Kier molecular flexibility index (Phi) is 7.57. The van der Waals surface area contributed by atoms with Gasteiger partial charge in [0.25, 0.3) is 0 Å². The summed E-state index contributed by atoms with van der Waals surface area (Å²) in [6.45, 7) is 4.91. The van der Waals surface area contributed by atoms with Crippen LogP contribution in [-0.4, -0.2) is 49.8 Å². The minimum absolute atomic E-state index is 0.0601. The summed E-state index contributed by atoms with van der Waals surface area (Å²) in [5, 5.41) is 2.88. The number of ether oxygens (including phenoxy) is 3. The van der Waals surface area contributed by atoms with Crippen LogP contribution in [0.3, 0.4) is 0 Å². The number of methoxy groups -OCH3 is 3. The molecular formula is C23H31N3O5. The third kappa shape index (κ3) is 5.79. The zero-order valence-corrected chi connectivity index (χ0v) is 18.6. The van der Waals surface area contributed by atoms with Crippen LogP contribution < -0.4 is 25.0 Å². The van der Waals surface area contributed by atoms with Crippen LogP contribution in [0.1, 0.15) is 25.5 Å². The Bertz CT molecular complexity index is 964. The lowest BCUT2D eigenvalue weighted by Crippen LogP contribution is -2.34. The first kappa shape index (κ1) is 22.7. The molecule has 8 heteroatoms. The van der Waals surface area contributed by atoms with Gasteiger partial charge in [-0.3, -0.25) is 14.5 Å². The average Bonchev–Trinajstić information content (AvgIpc) is 2.76. The number of nitrogens with zero attached hydrogens (tertiary/aromatic N) is 2. The molecule has 0 bridgehead atoms. The average molecular weight is 430 g/mol. The van der Waals surface area contributed by atoms with E-state index in [1.165, 1.54) is 7.11 Å². The first-order valence-electron chi connectivity index (χ1n) is 10.4. The summed E-state index contributed by atoms with van der Waals surface area (Å²) in [6.07, 6.45) is 3.89. The number of anilines is 1. The highest BCUT2D eigenvalue weighted by atomic mass is 16.5. The molecule has 1 aliphatic rings. The fraction of sp³-hybridized carbons (Fsp3) is 0.478. The molecule has 1 N–H and O–H groups in total. The lowest BCUT2D eigenvalue weighted by atomic mass is 9.99. The highest BCUT2D eigenvalue weighted by Crippen LogP contribution is 2.29. The van der Waals surface area contributed by atoms with E-state index in [1.807, 2.05) is 0 Å². The molecule has 0 unspecified atom stereocenters. The fourth-order valence-electron chi connectivity index (χ4n) is 3.75. The summed E-state index contributed by atoms with van der Waals surface area (Å²) in [6, 6.07) is 6.76. The lowest BCUT2D eigenvalue weighted by molar-refractivity contribution is -0.116. The van der Waals surface area contributed by atoms with Crippen LogP contribution in [-0.2, 0) is 17.9 Å². The Morgan fingerprint density at radius 3 is 2.35 bits per heavy atom. The van der Waals surface area contributed by atoms with E-state index in [2.05, 4.69) is 17.1 Å². The molecule has 0 radical (unpaired) electrons. The van der Waals surface area contributed by atoms with Gasteiger partial charge in [-0.15, -0.1) is 0 Å². The zero-order valence-electron chi connectivity index (χ0n) is 18.6. The molecular weight excluding hydrogens is 398 g/mol. The molecule has 0 atom stereocenters. The Labute approximate surface area is 182 Å². The Balaban J connectivity index is 1.77. The van der Waals surface area contributed by atoms with Crippen molar-refractivity contribution in [3.63, 3.8) is 0 Å². The number of rotatable bonds is 8. The molecule has 0 spiro atoms. The van der Waals surface area contributed by atoms with Crippen molar-refractivity contribution < 1.29 is 19.0 Å². The van der Waals surface area contributed by atoms with Crippen LogP contribution >= 0.6 is 0 Å². The fourth-order valence-corrected chi connectivity index (χ4v) is 3.75. The highest BCUT2D eigenvalue weighted by molar-refractivity contribution is 5.91. The van der Waals surface area contributed by atoms with Crippen molar-refractivity contribution in [2.24, 2.45) is 5.92 Å². The van der Waals surface area contributed by atoms with Crippen LogP contribution in [0.25, 0.3) is 0 Å². The van der Waals surface area contributed by atoms with Gasteiger partial charge < -0.3 is 24.1 Å². The normalized spacial score (nSPS) is 14.8. The van der Waals surface area contributed by atoms with E-state index >= 15 is 0 Å². The van der Waals surface area contributed by atoms with Gasteiger partial charge in [0.05, 0.1) is 27.5 Å². The van der Waals surface area contributed by atoms with Gasteiger partial charge in [-0.1, -0.05) is 6.92 Å². The summed E-state index contributed by atoms with van der Waals surface area (Å²) in [4.78, 5) is 27.4. The quantitative estimate of drug-likeness (QED) is 0.695. The largest absolute Gasteiger partial charge is 0.493 e. The molecule has 1 fully saturated rings. The second-order valence-electron chi connectivity index (χ2n) is 7.90. The molecule has 31 heavy (non-hydrogen) atoms. The van der Waals surface area contributed by atoms with Crippen LogP contribution in [0.4, 0.5) is 5.69 Å². The van der Waals surface area contributed by atoms with Crippen molar-refractivity contribution in [1.29, 1.82) is 0 Å². The maximum Gasteiger partial charge on any atom is 0.244 e. The van der Waals surface area contributed by atoms with Gasteiger partial charge in [0.15, 0.2) is 17.2 Å². The molecule has 8 nitrogen and oxygen atoms in total. The summed E-state index contributed by atoms with van der Waals surface area (Å²) in [7, 11) is 4.56. The van der Waals surface area contributed by atoms with Crippen molar-refractivity contribution in [3.8, 4) is 17.2 Å². The number of piperidine rings is 1. The number of benzene rings is 1. The molecule has 2 aromatic rings. The number of pyridine rings is 1. The van der Waals surface area contributed by atoms with Gasteiger partial charge in [-0.05, 0) is 44.0 Å². The first-order chi connectivity index (χ1) is 14.9. The van der Waals surface area contributed by atoms with Crippen molar-refractivity contribution in [1.82, 2.24) is 9.47 Å². The summed E-state index contributed by atoms with van der Waals surface area (Å²) in [5.74, 6) is 1.84. The van der Waals surface area contributed by atoms with E-state index in [4.69, 9.17) is 14.2 Å². The second kappa shape index (κ2) is 10.3. The number of nitrogens with one attached hydrogen (secondary N) is 1. The topological polar surface area (TPSA) is 82.0 Å². The SMILES string of the molecule is COc1ccc(NC(=O)Cn2cc(OC)c(=O)cc2CN2CCC(C)CC2)cc1OC. The third-order valence-corrected chi connectivity index (χ3v) is 5.65. The van der Waals surface area contributed by atoms with Crippen LogP contribution in [0, 0.1) is 5.92 Å². The monoisotopic (exact) mass is 429 g/mol. The molecule has 3 rings (SSSR count). The summed E-state index contributed by atoms with van der Waals surface area (Å²) < 4.78 is 17.5. The van der Waals surface area contributed by atoms with Crippen molar-refractivity contribution in [2.45, 2.75) is 32.9 Å². The molecule has 0 saturated carbocycles. The molecule has 0 aliphatic carbocycles. The summed E-state index contributed by atoms with van der Waals surface area (Å²) in [5.41, 5.74) is 1.21. The zero-order chi connectivity index (χ0) is 22.4. The Morgan fingerprint density at radius 2 is 1.71 bits per heavy atom. The van der Waals surface area contributed by atoms with E-state index in [-0.39, 0.29) is 23.6 Å². The van der Waals surface area contributed by atoms with Crippen LogP contribution in [0.2, 0.25) is 0 Å². The highest BCUT2D eigenvalue weighted by Gasteiger charge is 2.19. The number of likely N-dealkylation sites (tertiary alicyclic amines) is 1. The Hall–Kier alpha value is -3.00.